The van der Waals surface area contributed by atoms with Crippen LogP contribution in [0.25, 0.3) is 10.8 Å². The van der Waals surface area contributed by atoms with Crippen LogP contribution in [0.5, 0.6) is 23.0 Å². The summed E-state index contributed by atoms with van der Waals surface area (Å²) >= 11 is 0. The number of rotatable bonds is 30. The number of amides is 2. The molecule has 400 valence electrons. The normalized spacial score (nSPS) is 21.2. The van der Waals surface area contributed by atoms with Crippen molar-refractivity contribution in [3.05, 3.63) is 114 Å². The van der Waals surface area contributed by atoms with Gasteiger partial charge in [-0.25, -0.2) is 4.79 Å². The maximum atomic E-state index is 15.5. The molecule has 1 heterocycles. The zero-order chi connectivity index (χ0) is 52.3. The van der Waals surface area contributed by atoms with Gasteiger partial charge in [0.1, 0.15) is 35.6 Å². The Morgan fingerprint density at radius 3 is 2.30 bits per heavy atom. The van der Waals surface area contributed by atoms with Gasteiger partial charge in [0.25, 0.3) is 0 Å². The number of carbonyl (C=O) groups is 2. The number of hydrogen-bond acceptors (Lipinski definition) is 11. The highest BCUT2D eigenvalue weighted by Gasteiger charge is 2.65. The fourth-order valence-electron chi connectivity index (χ4n) is 11.7. The molecule has 13 nitrogen and oxygen atoms in total. The number of methoxy groups -OCH3 is 2. The van der Waals surface area contributed by atoms with Crippen LogP contribution in [0.1, 0.15) is 140 Å². The van der Waals surface area contributed by atoms with E-state index in [4.69, 9.17) is 33.7 Å². The summed E-state index contributed by atoms with van der Waals surface area (Å²) in [7, 11) is 3.08. The molecule has 6 atom stereocenters. The van der Waals surface area contributed by atoms with E-state index in [1.807, 2.05) is 36.1 Å². The van der Waals surface area contributed by atoms with Crippen molar-refractivity contribution >= 4 is 34.2 Å². The van der Waals surface area contributed by atoms with Crippen LogP contribution in [0.15, 0.2) is 108 Å². The molecule has 74 heavy (non-hydrogen) atoms. The Bertz CT molecular complexity index is 2520. The predicted molar refractivity (Wildman–Crippen MR) is 292 cm³/mol. The van der Waals surface area contributed by atoms with Gasteiger partial charge in [0.05, 0.1) is 38.1 Å². The lowest BCUT2D eigenvalue weighted by atomic mass is 9.55. The van der Waals surface area contributed by atoms with Crippen LogP contribution in [0.3, 0.4) is 0 Å². The van der Waals surface area contributed by atoms with Crippen LogP contribution < -0.4 is 24.3 Å². The molecule has 1 saturated carbocycles. The summed E-state index contributed by atoms with van der Waals surface area (Å²) in [5.41, 5.74) is 3.94. The smallest absolute Gasteiger partial charge is 0.417 e. The maximum absolute atomic E-state index is 15.5. The number of oxime groups is 1. The SMILES string of the molecule is C=CCOC12Oc3ccc(OC(=O)Nc4ccc(OC)cc4OC)cc3C3C(CCCCO)C(CCCCO)C=C(C(=NOCC)CC1N(Cc1cccc4ccccc14)C(=O)CCCCCCCCCCC)C32. The summed E-state index contributed by atoms with van der Waals surface area (Å²) in [5, 5.41) is 30.1. The molecular weight excluding hydrogens is 935 g/mol. The molecule has 1 aliphatic heterocycles. The van der Waals surface area contributed by atoms with Crippen molar-refractivity contribution in [1.29, 1.82) is 0 Å². The van der Waals surface area contributed by atoms with Crippen molar-refractivity contribution in [1.82, 2.24) is 4.90 Å². The van der Waals surface area contributed by atoms with Crippen LogP contribution in [-0.4, -0.2) is 85.3 Å². The van der Waals surface area contributed by atoms with Crippen molar-refractivity contribution in [3.8, 4) is 23.0 Å². The number of aliphatic hydroxyl groups excluding tert-OH is 2. The highest BCUT2D eigenvalue weighted by atomic mass is 16.7. The van der Waals surface area contributed by atoms with Crippen molar-refractivity contribution in [2.24, 2.45) is 22.9 Å². The van der Waals surface area contributed by atoms with E-state index in [0.717, 1.165) is 84.6 Å². The van der Waals surface area contributed by atoms with Gasteiger partial charge in [-0.3, -0.25) is 10.1 Å². The number of fused-ring (bicyclic) bond motifs is 3. The minimum Gasteiger partial charge on any atom is -0.497 e. The van der Waals surface area contributed by atoms with E-state index in [2.05, 4.69) is 55.2 Å². The molecule has 0 spiro atoms. The minimum atomic E-state index is -1.45. The molecule has 0 radical (unpaired) electrons. The van der Waals surface area contributed by atoms with Gasteiger partial charge in [-0.15, -0.1) is 6.58 Å². The van der Waals surface area contributed by atoms with E-state index in [0.29, 0.717) is 67.5 Å². The first-order valence-corrected chi connectivity index (χ1v) is 27.4. The number of hydrogen-bond donors (Lipinski definition) is 3. The van der Waals surface area contributed by atoms with Gasteiger partial charge >= 0.3 is 6.09 Å². The van der Waals surface area contributed by atoms with Gasteiger partial charge in [-0.2, -0.15) is 0 Å². The second kappa shape index (κ2) is 28.1. The third-order valence-electron chi connectivity index (χ3n) is 15.2. The van der Waals surface area contributed by atoms with Gasteiger partial charge in [-0.1, -0.05) is 131 Å². The second-order valence-electron chi connectivity index (χ2n) is 20.0. The molecule has 2 amide bonds. The first kappa shape index (κ1) is 55.9. The molecule has 3 aliphatic rings. The first-order valence-electron chi connectivity index (χ1n) is 27.4. The summed E-state index contributed by atoms with van der Waals surface area (Å²) in [6.07, 6.45) is 18.6. The molecule has 0 saturated heterocycles. The van der Waals surface area contributed by atoms with Crippen molar-refractivity contribution in [2.75, 3.05) is 46.0 Å². The van der Waals surface area contributed by atoms with Gasteiger partial charge in [0.2, 0.25) is 11.7 Å². The predicted octanol–water partition coefficient (Wildman–Crippen LogP) is 13.1. The van der Waals surface area contributed by atoms with Crippen molar-refractivity contribution < 1.29 is 48.3 Å². The van der Waals surface area contributed by atoms with Crippen LogP contribution in [0, 0.1) is 17.8 Å². The average molecular weight is 1020 g/mol. The number of carbonyl (C=O) groups excluding carboxylic acids is 2. The van der Waals surface area contributed by atoms with Crippen LogP contribution in [0.4, 0.5) is 10.5 Å². The van der Waals surface area contributed by atoms with Gasteiger partial charge in [0, 0.05) is 50.1 Å². The van der Waals surface area contributed by atoms with Crippen LogP contribution in [-0.2, 0) is 20.9 Å². The number of unbranched alkanes of at least 4 members (excludes halogenated alkanes) is 10. The van der Waals surface area contributed by atoms with E-state index in [9.17, 15) is 15.0 Å². The van der Waals surface area contributed by atoms with Crippen molar-refractivity contribution in [3.63, 3.8) is 0 Å². The lowest BCUT2D eigenvalue weighted by Gasteiger charge is -2.60. The summed E-state index contributed by atoms with van der Waals surface area (Å²) in [4.78, 5) is 37.3. The zero-order valence-corrected chi connectivity index (χ0v) is 44.4. The molecule has 1 fully saturated rings. The Labute approximate surface area is 439 Å². The standard InChI is InChI=1S/C61H81N3O10/c1-6-9-10-11-12-13-14-15-16-30-57(67)64(42-45-27-23-26-43-24-17-18-28-48(43)45)56-41-53(63-72-8-3)50-38-44(25-19-21-35-65)49(29-20-22-36-66)58-51-39-47(32-34-54(51)74-61(56,59(50)58)71-37-7-2)73-60(68)62-52-33-31-46(69-4)40-55(52)70-5/h7,17-18,23-24,26-28,31-34,38-40,44,49,56,58-59,65-66H,2,6,8-16,19-22,25,29-30,35-37,41-42H2,1,3-5H3,(H,62,68). The Kier molecular flexibility index (Phi) is 21.2. The van der Waals surface area contributed by atoms with Gasteiger partial charge < -0.3 is 43.6 Å². The Hall–Kier alpha value is -5.89. The molecular formula is C61H81N3O10. The monoisotopic (exact) mass is 1020 g/mol. The topological polar surface area (TPSA) is 158 Å². The number of allylic oxidation sites excluding steroid dienone is 1. The lowest BCUT2D eigenvalue weighted by molar-refractivity contribution is -0.258. The third kappa shape index (κ3) is 13.5. The molecule has 0 bridgehead atoms. The van der Waals surface area contributed by atoms with E-state index < -0.39 is 23.8 Å². The number of ether oxygens (including phenoxy) is 5. The zero-order valence-electron chi connectivity index (χ0n) is 44.4. The maximum Gasteiger partial charge on any atom is 0.417 e. The highest BCUT2D eigenvalue weighted by Crippen LogP contribution is 2.62. The van der Waals surface area contributed by atoms with Crippen LogP contribution >= 0.6 is 0 Å². The van der Waals surface area contributed by atoms with E-state index in [-0.39, 0.29) is 43.5 Å². The lowest BCUT2D eigenvalue weighted by Crippen LogP contribution is -2.70. The van der Waals surface area contributed by atoms with Crippen LogP contribution in [0.2, 0.25) is 0 Å². The van der Waals surface area contributed by atoms with E-state index >= 15 is 4.79 Å². The number of anilines is 1. The molecule has 2 aliphatic carbocycles. The molecule has 6 unspecified atom stereocenters. The van der Waals surface area contributed by atoms with E-state index in [1.54, 1.807) is 37.5 Å². The average Bonchev–Trinajstić information content (AvgIpc) is 3.43. The fourth-order valence-corrected chi connectivity index (χ4v) is 11.7. The molecule has 7 rings (SSSR count). The number of nitrogens with one attached hydrogen (secondary N) is 1. The second-order valence-corrected chi connectivity index (χ2v) is 20.0. The summed E-state index contributed by atoms with van der Waals surface area (Å²) in [6, 6.07) is 24.5. The van der Waals surface area contributed by atoms with Crippen molar-refractivity contribution in [2.45, 2.75) is 147 Å². The van der Waals surface area contributed by atoms with Gasteiger partial charge in [0.15, 0.2) is 0 Å². The van der Waals surface area contributed by atoms with Gasteiger partial charge in [-0.05, 0) is 103 Å². The highest BCUT2D eigenvalue weighted by molar-refractivity contribution is 6.03. The minimum absolute atomic E-state index is 0.0158. The molecule has 4 aromatic rings. The largest absolute Gasteiger partial charge is 0.497 e. The Balaban J connectivity index is 1.36. The number of benzene rings is 4. The molecule has 3 N–H and O–H groups in total. The number of nitrogens with zero attached hydrogens (tertiary/aromatic N) is 2. The number of aliphatic hydroxyl groups is 2. The fraction of sp³-hybridized carbons (Fsp3) is 0.525. The summed E-state index contributed by atoms with van der Waals surface area (Å²) in [5.74, 6) is -0.400. The summed E-state index contributed by atoms with van der Waals surface area (Å²) < 4.78 is 31.8. The molecule has 4 aromatic carbocycles. The Morgan fingerprint density at radius 2 is 1.57 bits per heavy atom. The first-order chi connectivity index (χ1) is 36.2. The Morgan fingerprint density at radius 1 is 0.838 bits per heavy atom. The van der Waals surface area contributed by atoms with E-state index in [1.165, 1.54) is 39.2 Å². The molecule has 0 aromatic heterocycles. The summed E-state index contributed by atoms with van der Waals surface area (Å²) in [6.45, 7) is 9.22. The third-order valence-corrected chi connectivity index (χ3v) is 15.2. The quantitative estimate of drug-likeness (QED) is 0.0261. The molecule has 13 heteroatoms.